The van der Waals surface area contributed by atoms with Crippen LogP contribution in [-0.2, 0) is 10.2 Å². The van der Waals surface area contributed by atoms with Gasteiger partial charge in [-0.3, -0.25) is 4.79 Å². The lowest BCUT2D eigenvalue weighted by Gasteiger charge is -2.22. The van der Waals surface area contributed by atoms with Gasteiger partial charge in [-0.25, -0.2) is 0 Å². The van der Waals surface area contributed by atoms with E-state index in [2.05, 4.69) is 51.1 Å². The highest BCUT2D eigenvalue weighted by molar-refractivity contribution is 5.73. The second-order valence-corrected chi connectivity index (χ2v) is 8.74. The van der Waals surface area contributed by atoms with Gasteiger partial charge in [-0.2, -0.15) is 10.2 Å². The third kappa shape index (κ3) is 4.68. The Bertz CT molecular complexity index is 1360. The van der Waals surface area contributed by atoms with Crippen LogP contribution < -0.4 is 19.7 Å². The molecule has 0 atom stereocenters. The largest absolute Gasteiger partial charge is 0.494 e. The Hall–Kier alpha value is -4.53. The second-order valence-electron chi connectivity index (χ2n) is 8.74. The van der Waals surface area contributed by atoms with Crippen molar-refractivity contribution >= 4 is 40.5 Å². The molecule has 9 heteroatoms. The highest BCUT2D eigenvalue weighted by atomic mass is 16.5. The Labute approximate surface area is 210 Å². The first-order chi connectivity index (χ1) is 17.3. The van der Waals surface area contributed by atoms with Gasteiger partial charge in [0, 0.05) is 41.7 Å². The fourth-order valence-corrected chi connectivity index (χ4v) is 4.04. The Morgan fingerprint density at radius 3 is 1.97 bits per heavy atom. The quantitative estimate of drug-likeness (QED) is 0.267. The lowest BCUT2D eigenvalue weighted by Crippen LogP contribution is -2.21. The number of allylic oxidation sites excluding steroid dienone is 1. The van der Waals surface area contributed by atoms with Crippen LogP contribution >= 0.6 is 0 Å². The molecule has 0 saturated carbocycles. The number of likely N-dealkylation sites (N-methyl/N-ethyl adjacent to an activating group) is 1. The van der Waals surface area contributed by atoms with E-state index in [0.717, 1.165) is 22.6 Å². The number of nitrogens with one attached hydrogen (secondary N) is 1. The third-order valence-electron chi connectivity index (χ3n) is 6.26. The van der Waals surface area contributed by atoms with E-state index in [0.29, 0.717) is 40.7 Å². The maximum atomic E-state index is 10.6. The SMILES string of the molecule is C=C1N(C)c2ccc(N=Nc3cc(OC)c(N=Nc4ccc(NC=O)cc4)cc3OC)cc2C1(C)C. The summed E-state index contributed by atoms with van der Waals surface area (Å²) < 4.78 is 11.0. The molecule has 0 saturated heterocycles. The number of hydrogen-bond acceptors (Lipinski definition) is 8. The number of methoxy groups -OCH3 is 2. The number of hydrogen-bond donors (Lipinski definition) is 1. The Balaban J connectivity index is 1.61. The van der Waals surface area contributed by atoms with Gasteiger partial charge < -0.3 is 19.7 Å². The van der Waals surface area contributed by atoms with Gasteiger partial charge in [-0.15, -0.1) is 10.2 Å². The molecule has 184 valence electrons. The van der Waals surface area contributed by atoms with Gasteiger partial charge in [0.1, 0.15) is 22.9 Å². The average Bonchev–Trinajstić information content (AvgIpc) is 3.06. The van der Waals surface area contributed by atoms with Crippen molar-refractivity contribution in [2.24, 2.45) is 20.5 Å². The third-order valence-corrected chi connectivity index (χ3v) is 6.26. The number of ether oxygens (including phenoxy) is 2. The van der Waals surface area contributed by atoms with E-state index in [9.17, 15) is 4.79 Å². The van der Waals surface area contributed by atoms with E-state index in [4.69, 9.17) is 9.47 Å². The van der Waals surface area contributed by atoms with Gasteiger partial charge in [-0.1, -0.05) is 20.4 Å². The predicted octanol–water partition coefficient (Wildman–Crippen LogP) is 7.34. The molecule has 1 heterocycles. The molecule has 0 spiro atoms. The second kappa shape index (κ2) is 9.99. The summed E-state index contributed by atoms with van der Waals surface area (Å²) in [5, 5.41) is 20.0. The molecular weight excluding hydrogens is 456 g/mol. The number of carbonyl (C=O) groups is 1. The summed E-state index contributed by atoms with van der Waals surface area (Å²) in [7, 11) is 5.13. The summed E-state index contributed by atoms with van der Waals surface area (Å²) in [4.78, 5) is 12.7. The van der Waals surface area contributed by atoms with Crippen molar-refractivity contribution in [2.45, 2.75) is 19.3 Å². The van der Waals surface area contributed by atoms with E-state index < -0.39 is 0 Å². The van der Waals surface area contributed by atoms with Crippen molar-refractivity contribution in [3.63, 3.8) is 0 Å². The zero-order chi connectivity index (χ0) is 25.9. The van der Waals surface area contributed by atoms with Crippen molar-refractivity contribution < 1.29 is 14.3 Å². The fraction of sp³-hybridized carbons (Fsp3) is 0.222. The van der Waals surface area contributed by atoms with Crippen LogP contribution in [0.25, 0.3) is 0 Å². The van der Waals surface area contributed by atoms with Crippen molar-refractivity contribution in [2.75, 3.05) is 31.5 Å². The molecule has 0 unspecified atom stereocenters. The van der Waals surface area contributed by atoms with Gasteiger partial charge in [0.25, 0.3) is 0 Å². The van der Waals surface area contributed by atoms with Crippen LogP contribution in [0.4, 0.5) is 34.1 Å². The van der Waals surface area contributed by atoms with E-state index in [1.807, 2.05) is 25.2 Å². The lowest BCUT2D eigenvalue weighted by atomic mass is 9.84. The highest BCUT2D eigenvalue weighted by Gasteiger charge is 2.37. The Kier molecular flexibility index (Phi) is 6.82. The first kappa shape index (κ1) is 24.6. The highest BCUT2D eigenvalue weighted by Crippen LogP contribution is 2.47. The molecule has 1 aliphatic rings. The first-order valence-electron chi connectivity index (χ1n) is 11.3. The molecule has 1 N–H and O–H groups in total. The number of azo groups is 2. The Morgan fingerprint density at radius 1 is 0.861 bits per heavy atom. The minimum atomic E-state index is -0.186. The number of anilines is 2. The number of nitrogens with zero attached hydrogens (tertiary/aromatic N) is 5. The van der Waals surface area contributed by atoms with Crippen LogP contribution in [0.2, 0.25) is 0 Å². The first-order valence-corrected chi connectivity index (χ1v) is 11.3. The van der Waals surface area contributed by atoms with Crippen molar-refractivity contribution in [3.8, 4) is 11.5 Å². The summed E-state index contributed by atoms with van der Waals surface area (Å²) in [5.74, 6) is 0.953. The lowest BCUT2D eigenvalue weighted by molar-refractivity contribution is -0.105. The Morgan fingerprint density at radius 2 is 1.42 bits per heavy atom. The maximum Gasteiger partial charge on any atom is 0.211 e. The van der Waals surface area contributed by atoms with Crippen molar-refractivity contribution in [1.29, 1.82) is 0 Å². The molecule has 3 aromatic carbocycles. The molecule has 0 aliphatic carbocycles. The molecule has 36 heavy (non-hydrogen) atoms. The molecule has 0 aromatic heterocycles. The van der Waals surface area contributed by atoms with Crippen molar-refractivity contribution in [1.82, 2.24) is 0 Å². The number of rotatable bonds is 8. The van der Waals surface area contributed by atoms with Gasteiger partial charge in [0.15, 0.2) is 0 Å². The maximum absolute atomic E-state index is 10.6. The molecule has 0 fully saturated rings. The van der Waals surface area contributed by atoms with Gasteiger partial charge in [-0.05, 0) is 48.0 Å². The molecule has 0 bridgehead atoms. The number of fused-ring (bicyclic) bond motifs is 1. The summed E-state index contributed by atoms with van der Waals surface area (Å²) in [6.07, 6.45) is 0.618. The molecule has 9 nitrogen and oxygen atoms in total. The van der Waals surface area contributed by atoms with Crippen LogP contribution in [0.1, 0.15) is 19.4 Å². The van der Waals surface area contributed by atoms with Gasteiger partial charge in [0.2, 0.25) is 6.41 Å². The summed E-state index contributed by atoms with van der Waals surface area (Å²) in [5.41, 5.74) is 6.11. The molecule has 3 aromatic rings. The van der Waals surface area contributed by atoms with Crippen molar-refractivity contribution in [3.05, 3.63) is 72.4 Å². The van der Waals surface area contributed by atoms with Crippen LogP contribution in [0.5, 0.6) is 11.5 Å². The summed E-state index contributed by atoms with van der Waals surface area (Å²) in [6, 6.07) is 16.4. The molecule has 1 amide bonds. The van der Waals surface area contributed by atoms with Gasteiger partial charge in [0.05, 0.1) is 25.6 Å². The van der Waals surface area contributed by atoms with E-state index in [1.54, 1.807) is 50.6 Å². The normalized spacial score (nSPS) is 14.4. The average molecular weight is 485 g/mol. The minimum absolute atomic E-state index is 0.186. The van der Waals surface area contributed by atoms with Crippen LogP contribution in [0.3, 0.4) is 0 Å². The molecular formula is C27H28N6O3. The molecule has 4 rings (SSSR count). The summed E-state index contributed by atoms with van der Waals surface area (Å²) >= 11 is 0. The molecule has 1 aliphatic heterocycles. The smallest absolute Gasteiger partial charge is 0.211 e. The number of benzene rings is 3. The van der Waals surface area contributed by atoms with Gasteiger partial charge >= 0.3 is 0 Å². The summed E-state index contributed by atoms with van der Waals surface area (Å²) in [6.45, 7) is 8.53. The topological polar surface area (TPSA) is 100 Å². The van der Waals surface area contributed by atoms with E-state index >= 15 is 0 Å². The monoisotopic (exact) mass is 484 g/mol. The predicted molar refractivity (Wildman–Crippen MR) is 141 cm³/mol. The van der Waals surface area contributed by atoms with Crippen LogP contribution in [0, 0.1) is 0 Å². The van der Waals surface area contributed by atoms with E-state index in [1.165, 1.54) is 0 Å². The van der Waals surface area contributed by atoms with Crippen LogP contribution in [0.15, 0.2) is 87.3 Å². The molecule has 0 radical (unpaired) electrons. The zero-order valence-electron chi connectivity index (χ0n) is 20.9. The zero-order valence-corrected chi connectivity index (χ0v) is 20.9. The number of carbonyl (C=O) groups excluding carboxylic acids is 1. The minimum Gasteiger partial charge on any atom is -0.494 e. The standard InChI is InChI=1S/C27H28N6O3/c1-17-27(2,3)21-13-20(11-12-24(21)33(17)4)30-32-23-15-25(35-5)22(14-26(23)36-6)31-29-19-9-7-18(8-10-19)28-16-34/h7-16H,1H2,2-6H3,(H,28,34). The fourth-order valence-electron chi connectivity index (χ4n) is 4.04. The van der Waals surface area contributed by atoms with Crippen LogP contribution in [-0.4, -0.2) is 27.7 Å². The number of amides is 1. The van der Waals surface area contributed by atoms with E-state index in [-0.39, 0.29) is 5.41 Å².